The van der Waals surface area contributed by atoms with E-state index in [4.69, 9.17) is 9.41 Å². The van der Waals surface area contributed by atoms with Gasteiger partial charge in [-0.25, -0.2) is 4.99 Å². The average molecular weight is 397 g/mol. The molecule has 3 rings (SSSR count). The standard InChI is InChI=1S/C21H27N5O3/c1-3-22-21(26-12-10-25(11-13-26)16(2)27)23-15-17-6-8-18(9-7-17)24-20(28)19-5-4-14-29-19/h4-9,14H,3,10-13,15H2,1-2H3,(H,22,23)(H,24,28). The molecule has 0 saturated carbocycles. The summed E-state index contributed by atoms with van der Waals surface area (Å²) in [4.78, 5) is 32.3. The smallest absolute Gasteiger partial charge is 0.291 e. The molecule has 0 aliphatic carbocycles. The van der Waals surface area contributed by atoms with Gasteiger partial charge < -0.3 is 24.9 Å². The van der Waals surface area contributed by atoms with Crippen molar-refractivity contribution in [2.45, 2.75) is 20.4 Å². The van der Waals surface area contributed by atoms with Crippen molar-refractivity contribution in [1.29, 1.82) is 0 Å². The average Bonchev–Trinajstić information content (AvgIpc) is 3.27. The largest absolute Gasteiger partial charge is 0.459 e. The minimum Gasteiger partial charge on any atom is -0.459 e. The molecule has 8 nitrogen and oxygen atoms in total. The maximum atomic E-state index is 12.0. The fourth-order valence-electron chi connectivity index (χ4n) is 3.12. The highest BCUT2D eigenvalue weighted by Gasteiger charge is 2.20. The fraction of sp³-hybridized carbons (Fsp3) is 0.381. The minimum atomic E-state index is -0.278. The molecule has 1 fully saturated rings. The van der Waals surface area contributed by atoms with E-state index in [1.54, 1.807) is 19.1 Å². The number of guanidine groups is 1. The molecule has 2 N–H and O–H groups in total. The van der Waals surface area contributed by atoms with Crippen LogP contribution in [-0.2, 0) is 11.3 Å². The van der Waals surface area contributed by atoms with Gasteiger partial charge in [-0.3, -0.25) is 9.59 Å². The Balaban J connectivity index is 1.58. The first kappa shape index (κ1) is 20.4. The van der Waals surface area contributed by atoms with E-state index in [1.807, 2.05) is 36.1 Å². The lowest BCUT2D eigenvalue weighted by Crippen LogP contribution is -2.53. The first-order valence-corrected chi connectivity index (χ1v) is 9.79. The topological polar surface area (TPSA) is 90.2 Å². The van der Waals surface area contributed by atoms with Crippen LogP contribution in [0, 0.1) is 0 Å². The molecule has 0 spiro atoms. The first-order chi connectivity index (χ1) is 14.1. The monoisotopic (exact) mass is 397 g/mol. The number of carbonyl (C=O) groups excluding carboxylic acids is 2. The zero-order chi connectivity index (χ0) is 20.6. The van der Waals surface area contributed by atoms with Crippen LogP contribution in [0.15, 0.2) is 52.1 Å². The number of hydrogen-bond donors (Lipinski definition) is 2. The van der Waals surface area contributed by atoms with E-state index in [-0.39, 0.29) is 17.6 Å². The van der Waals surface area contributed by atoms with Crippen molar-refractivity contribution in [2.24, 2.45) is 4.99 Å². The highest BCUT2D eigenvalue weighted by Crippen LogP contribution is 2.13. The van der Waals surface area contributed by atoms with E-state index in [1.165, 1.54) is 6.26 Å². The zero-order valence-electron chi connectivity index (χ0n) is 16.9. The fourth-order valence-corrected chi connectivity index (χ4v) is 3.12. The third-order valence-electron chi connectivity index (χ3n) is 4.73. The van der Waals surface area contributed by atoms with Crippen molar-refractivity contribution < 1.29 is 14.0 Å². The van der Waals surface area contributed by atoms with Crippen LogP contribution in [-0.4, -0.2) is 60.3 Å². The minimum absolute atomic E-state index is 0.116. The maximum Gasteiger partial charge on any atom is 0.291 e. The summed E-state index contributed by atoms with van der Waals surface area (Å²) in [6.07, 6.45) is 1.47. The SMILES string of the molecule is CCNC(=NCc1ccc(NC(=O)c2ccco2)cc1)N1CCN(C(C)=O)CC1. The zero-order valence-corrected chi connectivity index (χ0v) is 16.9. The van der Waals surface area contributed by atoms with Gasteiger partial charge in [-0.2, -0.15) is 0 Å². The van der Waals surface area contributed by atoms with E-state index in [0.29, 0.717) is 25.3 Å². The number of piperazine rings is 1. The van der Waals surface area contributed by atoms with Crippen LogP contribution in [0.4, 0.5) is 5.69 Å². The number of carbonyl (C=O) groups is 2. The van der Waals surface area contributed by atoms with Crippen LogP contribution in [0.25, 0.3) is 0 Å². The number of nitrogens with one attached hydrogen (secondary N) is 2. The highest BCUT2D eigenvalue weighted by atomic mass is 16.3. The Kier molecular flexibility index (Phi) is 6.89. The second-order valence-corrected chi connectivity index (χ2v) is 6.79. The van der Waals surface area contributed by atoms with Crippen molar-refractivity contribution in [3.63, 3.8) is 0 Å². The number of nitrogens with zero attached hydrogens (tertiary/aromatic N) is 3. The molecule has 154 valence electrons. The van der Waals surface area contributed by atoms with E-state index in [9.17, 15) is 9.59 Å². The van der Waals surface area contributed by atoms with Crippen LogP contribution in [0.3, 0.4) is 0 Å². The summed E-state index contributed by atoms with van der Waals surface area (Å²) in [5, 5.41) is 6.13. The normalized spacial score (nSPS) is 14.6. The summed E-state index contributed by atoms with van der Waals surface area (Å²) >= 11 is 0. The molecular formula is C21H27N5O3. The number of hydrogen-bond acceptors (Lipinski definition) is 4. The summed E-state index contributed by atoms with van der Waals surface area (Å²) in [6, 6.07) is 10.9. The summed E-state index contributed by atoms with van der Waals surface area (Å²) in [6.45, 7) is 7.92. The molecule has 0 radical (unpaired) electrons. The van der Waals surface area contributed by atoms with Crippen molar-refractivity contribution in [3.05, 3.63) is 54.0 Å². The Morgan fingerprint density at radius 2 is 1.76 bits per heavy atom. The number of anilines is 1. The van der Waals surface area contributed by atoms with Gasteiger partial charge in [0.1, 0.15) is 0 Å². The number of rotatable bonds is 5. The van der Waals surface area contributed by atoms with Gasteiger partial charge in [0.25, 0.3) is 5.91 Å². The van der Waals surface area contributed by atoms with Gasteiger partial charge in [0, 0.05) is 45.3 Å². The predicted octanol–water partition coefficient (Wildman–Crippen LogP) is 2.16. The van der Waals surface area contributed by atoms with E-state index in [2.05, 4.69) is 15.5 Å². The highest BCUT2D eigenvalue weighted by molar-refractivity contribution is 6.02. The molecule has 2 heterocycles. The second-order valence-electron chi connectivity index (χ2n) is 6.79. The van der Waals surface area contributed by atoms with E-state index < -0.39 is 0 Å². The van der Waals surface area contributed by atoms with Crippen LogP contribution < -0.4 is 10.6 Å². The van der Waals surface area contributed by atoms with Crippen molar-refractivity contribution in [2.75, 3.05) is 38.0 Å². The Hall–Kier alpha value is -3.29. The molecule has 29 heavy (non-hydrogen) atoms. The van der Waals surface area contributed by atoms with Gasteiger partial charge in [0.15, 0.2) is 11.7 Å². The third-order valence-corrected chi connectivity index (χ3v) is 4.73. The van der Waals surface area contributed by atoms with Gasteiger partial charge >= 0.3 is 0 Å². The van der Waals surface area contributed by atoms with Crippen LogP contribution in [0.2, 0.25) is 0 Å². The van der Waals surface area contributed by atoms with Crippen LogP contribution >= 0.6 is 0 Å². The van der Waals surface area contributed by atoms with Crippen molar-refractivity contribution in [1.82, 2.24) is 15.1 Å². The van der Waals surface area contributed by atoms with Gasteiger partial charge in [-0.1, -0.05) is 12.1 Å². The van der Waals surface area contributed by atoms with Crippen LogP contribution in [0.1, 0.15) is 30.0 Å². The number of aliphatic imine (C=N–C) groups is 1. The molecular weight excluding hydrogens is 370 g/mol. The third kappa shape index (κ3) is 5.60. The number of furan rings is 1. The lowest BCUT2D eigenvalue weighted by Gasteiger charge is -2.36. The van der Waals surface area contributed by atoms with Gasteiger partial charge in [0.05, 0.1) is 12.8 Å². The Labute approximate surface area is 170 Å². The molecule has 0 atom stereocenters. The molecule has 1 saturated heterocycles. The molecule has 1 aliphatic rings. The molecule has 0 bridgehead atoms. The molecule has 1 aromatic carbocycles. The summed E-state index contributed by atoms with van der Waals surface area (Å²) in [5.74, 6) is 0.968. The molecule has 0 unspecified atom stereocenters. The second kappa shape index (κ2) is 9.77. The lowest BCUT2D eigenvalue weighted by atomic mass is 10.2. The van der Waals surface area contributed by atoms with E-state index >= 15 is 0 Å². The van der Waals surface area contributed by atoms with Crippen molar-refractivity contribution >= 4 is 23.5 Å². The molecule has 8 heteroatoms. The Bertz CT molecular complexity index is 838. The van der Waals surface area contributed by atoms with Crippen LogP contribution in [0.5, 0.6) is 0 Å². The van der Waals surface area contributed by atoms with Gasteiger partial charge in [0.2, 0.25) is 5.91 Å². The Morgan fingerprint density at radius 3 is 2.34 bits per heavy atom. The van der Waals surface area contributed by atoms with Gasteiger partial charge in [-0.15, -0.1) is 0 Å². The summed E-state index contributed by atoms with van der Waals surface area (Å²) in [5.41, 5.74) is 1.74. The van der Waals surface area contributed by atoms with Gasteiger partial charge in [-0.05, 0) is 36.8 Å². The number of amides is 2. The maximum absolute atomic E-state index is 12.0. The molecule has 1 aliphatic heterocycles. The lowest BCUT2D eigenvalue weighted by molar-refractivity contribution is -0.130. The Morgan fingerprint density at radius 1 is 1.07 bits per heavy atom. The molecule has 2 amide bonds. The number of benzene rings is 1. The van der Waals surface area contributed by atoms with Crippen molar-refractivity contribution in [3.8, 4) is 0 Å². The summed E-state index contributed by atoms with van der Waals surface area (Å²) in [7, 11) is 0. The summed E-state index contributed by atoms with van der Waals surface area (Å²) < 4.78 is 5.09. The van der Waals surface area contributed by atoms with E-state index in [0.717, 1.165) is 31.2 Å². The molecule has 2 aromatic rings. The first-order valence-electron chi connectivity index (χ1n) is 9.79. The molecule has 1 aromatic heterocycles. The predicted molar refractivity (Wildman–Crippen MR) is 112 cm³/mol. The quantitative estimate of drug-likeness (QED) is 0.596.